The fourth-order valence-electron chi connectivity index (χ4n) is 1.24. The van der Waals surface area contributed by atoms with Crippen molar-refractivity contribution >= 4 is 11.6 Å². The van der Waals surface area contributed by atoms with E-state index in [1.807, 2.05) is 18.7 Å². The number of nitrogens with zero attached hydrogens (tertiary/aromatic N) is 2. The van der Waals surface area contributed by atoms with Crippen LogP contribution < -0.4 is 0 Å². The molecule has 0 fully saturated rings. The zero-order chi connectivity index (χ0) is 9.68. The number of aryl methyl sites for hydroxylation is 2. The van der Waals surface area contributed by atoms with Crippen LogP contribution in [0, 0.1) is 6.92 Å². The summed E-state index contributed by atoms with van der Waals surface area (Å²) >= 11 is 5.55. The first-order chi connectivity index (χ1) is 6.24. The zero-order valence-corrected chi connectivity index (χ0v) is 8.88. The van der Waals surface area contributed by atoms with Crippen LogP contribution in [-0.2, 0) is 13.5 Å². The highest BCUT2D eigenvalue weighted by molar-refractivity contribution is 6.17. The monoisotopic (exact) mass is 198 g/mol. The van der Waals surface area contributed by atoms with Crippen molar-refractivity contribution in [2.75, 3.05) is 5.88 Å². The minimum absolute atomic E-state index is 0.695. The second kappa shape index (κ2) is 5.07. The minimum Gasteiger partial charge on any atom is -0.272 e. The van der Waals surface area contributed by atoms with Crippen molar-refractivity contribution < 1.29 is 0 Å². The molecule has 13 heavy (non-hydrogen) atoms. The van der Waals surface area contributed by atoms with Gasteiger partial charge in [-0.3, -0.25) is 4.68 Å². The lowest BCUT2D eigenvalue weighted by atomic mass is 10.2. The van der Waals surface area contributed by atoms with Crippen LogP contribution in [0.3, 0.4) is 0 Å². The Kier molecular flexibility index (Phi) is 4.03. The predicted molar refractivity (Wildman–Crippen MR) is 56.1 cm³/mol. The van der Waals surface area contributed by atoms with E-state index in [0.717, 1.165) is 18.5 Å². The first-order valence-corrected chi connectivity index (χ1v) is 4.98. The number of hydrogen-bond acceptors (Lipinski definition) is 1. The summed E-state index contributed by atoms with van der Waals surface area (Å²) in [6.45, 7) is 2.01. The summed E-state index contributed by atoms with van der Waals surface area (Å²) in [5, 5.41) is 4.27. The highest BCUT2D eigenvalue weighted by Gasteiger charge is 1.97. The molecular weight excluding hydrogens is 184 g/mol. The molecule has 1 heterocycles. The van der Waals surface area contributed by atoms with E-state index in [1.165, 1.54) is 5.69 Å². The number of hydrogen-bond donors (Lipinski definition) is 0. The third-order valence-corrected chi connectivity index (χ3v) is 2.09. The van der Waals surface area contributed by atoms with Crippen LogP contribution in [0.25, 0.3) is 0 Å². The molecular formula is C10H15ClN2. The smallest absolute Gasteiger partial charge is 0.0596 e. The third-order valence-electron chi connectivity index (χ3n) is 1.87. The van der Waals surface area contributed by atoms with Crippen molar-refractivity contribution in [3.8, 4) is 0 Å². The first kappa shape index (κ1) is 10.3. The Morgan fingerprint density at radius 2 is 2.31 bits per heavy atom. The summed E-state index contributed by atoms with van der Waals surface area (Å²) in [6.07, 6.45) is 6.13. The Bertz CT molecular complexity index is 289. The molecule has 2 nitrogen and oxygen atoms in total. The third kappa shape index (κ3) is 3.23. The molecule has 0 aromatic carbocycles. The van der Waals surface area contributed by atoms with Crippen molar-refractivity contribution in [3.05, 3.63) is 29.6 Å². The lowest BCUT2D eigenvalue weighted by Gasteiger charge is -1.95. The number of rotatable bonds is 4. The molecule has 1 rings (SSSR count). The summed E-state index contributed by atoms with van der Waals surface area (Å²) in [6, 6.07) is 2.10. The maximum Gasteiger partial charge on any atom is 0.0596 e. The van der Waals surface area contributed by atoms with Gasteiger partial charge in [-0.1, -0.05) is 12.2 Å². The van der Waals surface area contributed by atoms with Crippen molar-refractivity contribution in [3.63, 3.8) is 0 Å². The van der Waals surface area contributed by atoms with Gasteiger partial charge in [-0.25, -0.2) is 0 Å². The summed E-state index contributed by atoms with van der Waals surface area (Å²) < 4.78 is 1.92. The van der Waals surface area contributed by atoms with E-state index in [0.29, 0.717) is 5.88 Å². The van der Waals surface area contributed by atoms with E-state index >= 15 is 0 Å². The Morgan fingerprint density at radius 3 is 2.85 bits per heavy atom. The van der Waals surface area contributed by atoms with Crippen LogP contribution in [0.15, 0.2) is 18.2 Å². The van der Waals surface area contributed by atoms with Crippen molar-refractivity contribution in [1.29, 1.82) is 0 Å². The maximum atomic E-state index is 5.55. The van der Waals surface area contributed by atoms with Gasteiger partial charge in [0.2, 0.25) is 0 Å². The van der Waals surface area contributed by atoms with Crippen LogP contribution in [0.1, 0.15) is 17.8 Å². The van der Waals surface area contributed by atoms with Crippen molar-refractivity contribution in [2.45, 2.75) is 19.8 Å². The molecule has 1 aromatic rings. The number of allylic oxidation sites excluding steroid dienone is 2. The zero-order valence-electron chi connectivity index (χ0n) is 8.13. The van der Waals surface area contributed by atoms with E-state index in [2.05, 4.69) is 23.3 Å². The van der Waals surface area contributed by atoms with Gasteiger partial charge in [-0.2, -0.15) is 5.10 Å². The van der Waals surface area contributed by atoms with Crippen LogP contribution in [0.5, 0.6) is 0 Å². The van der Waals surface area contributed by atoms with Crippen LogP contribution in [-0.4, -0.2) is 15.7 Å². The number of halogens is 1. The van der Waals surface area contributed by atoms with Gasteiger partial charge in [0.05, 0.1) is 5.69 Å². The minimum atomic E-state index is 0.695. The van der Waals surface area contributed by atoms with Gasteiger partial charge in [0.25, 0.3) is 0 Å². The van der Waals surface area contributed by atoms with Crippen molar-refractivity contribution in [1.82, 2.24) is 9.78 Å². The van der Waals surface area contributed by atoms with Crippen LogP contribution in [0.2, 0.25) is 0 Å². The van der Waals surface area contributed by atoms with Gasteiger partial charge in [-0.15, -0.1) is 11.6 Å². The summed E-state index contributed by atoms with van der Waals surface area (Å²) in [5.74, 6) is 0.695. The topological polar surface area (TPSA) is 17.8 Å². The summed E-state index contributed by atoms with van der Waals surface area (Å²) in [5.41, 5.74) is 2.31. The van der Waals surface area contributed by atoms with Crippen molar-refractivity contribution in [2.24, 2.45) is 7.05 Å². The lowest BCUT2D eigenvalue weighted by Crippen LogP contribution is -1.96. The molecule has 0 amide bonds. The molecule has 0 saturated heterocycles. The fourth-order valence-corrected chi connectivity index (χ4v) is 1.37. The molecule has 0 aliphatic rings. The van der Waals surface area contributed by atoms with Gasteiger partial charge in [0.15, 0.2) is 0 Å². The second-order valence-electron chi connectivity index (χ2n) is 3.05. The highest BCUT2D eigenvalue weighted by Crippen LogP contribution is 2.03. The Balaban J connectivity index is 2.49. The lowest BCUT2D eigenvalue weighted by molar-refractivity contribution is 0.719. The fraction of sp³-hybridized carbons (Fsp3) is 0.500. The Labute approximate surface area is 84.2 Å². The number of alkyl halides is 1. The molecule has 0 bridgehead atoms. The van der Waals surface area contributed by atoms with E-state index in [4.69, 9.17) is 11.6 Å². The molecule has 72 valence electrons. The van der Waals surface area contributed by atoms with Gasteiger partial charge in [-0.05, 0) is 19.4 Å². The van der Waals surface area contributed by atoms with Crippen LogP contribution in [0.4, 0.5) is 0 Å². The van der Waals surface area contributed by atoms with Gasteiger partial charge >= 0.3 is 0 Å². The molecule has 0 N–H and O–H groups in total. The molecule has 3 heteroatoms. The average molecular weight is 199 g/mol. The number of aromatic nitrogens is 2. The van der Waals surface area contributed by atoms with E-state index in [9.17, 15) is 0 Å². The van der Waals surface area contributed by atoms with Crippen LogP contribution >= 0.6 is 11.6 Å². The average Bonchev–Trinajstić information content (AvgIpc) is 2.39. The molecule has 0 aliphatic heterocycles. The molecule has 0 radical (unpaired) electrons. The molecule has 1 aromatic heterocycles. The van der Waals surface area contributed by atoms with Gasteiger partial charge < -0.3 is 0 Å². The summed E-state index contributed by atoms with van der Waals surface area (Å²) in [7, 11) is 1.97. The molecule has 0 saturated carbocycles. The largest absolute Gasteiger partial charge is 0.272 e. The maximum absolute atomic E-state index is 5.55. The molecule has 0 spiro atoms. The molecule has 0 unspecified atom stereocenters. The standard InChI is InChI=1S/C10H15ClN2/c1-9-8-10(13(2)12-9)6-4-3-5-7-11/h3-4,8H,5-7H2,1-2H3. The quantitative estimate of drug-likeness (QED) is 0.537. The first-order valence-electron chi connectivity index (χ1n) is 4.44. The second-order valence-corrected chi connectivity index (χ2v) is 3.43. The summed E-state index contributed by atoms with van der Waals surface area (Å²) in [4.78, 5) is 0. The van der Waals surface area contributed by atoms with Gasteiger partial charge in [0.1, 0.15) is 0 Å². The van der Waals surface area contributed by atoms with E-state index in [1.54, 1.807) is 0 Å². The predicted octanol–water partition coefficient (Wildman–Crippen LogP) is 2.46. The van der Waals surface area contributed by atoms with E-state index < -0.39 is 0 Å². The molecule has 0 aliphatic carbocycles. The Hall–Kier alpha value is -0.760. The molecule has 0 atom stereocenters. The van der Waals surface area contributed by atoms with E-state index in [-0.39, 0.29) is 0 Å². The normalized spacial score (nSPS) is 11.3. The Morgan fingerprint density at radius 1 is 1.54 bits per heavy atom. The highest BCUT2D eigenvalue weighted by atomic mass is 35.5. The van der Waals surface area contributed by atoms with Gasteiger partial charge in [0, 0.05) is 25.0 Å². The SMILES string of the molecule is Cc1cc(CC=CCCCl)n(C)n1.